The molecule has 1 saturated heterocycles. The summed E-state index contributed by atoms with van der Waals surface area (Å²) < 4.78 is 10.2. The topological polar surface area (TPSA) is 35.5 Å². The van der Waals surface area contributed by atoms with Crippen LogP contribution in [-0.2, 0) is 14.3 Å². The average Bonchev–Trinajstić information content (AvgIpc) is 2.43. The van der Waals surface area contributed by atoms with Crippen molar-refractivity contribution in [2.75, 3.05) is 6.61 Å². The Balaban J connectivity index is 2.35. The average molecular weight is 170 g/mol. The third-order valence-corrected chi connectivity index (χ3v) is 1.89. The van der Waals surface area contributed by atoms with Crippen LogP contribution < -0.4 is 0 Å². The van der Waals surface area contributed by atoms with E-state index in [2.05, 4.69) is 6.58 Å². The Kier molecular flexibility index (Phi) is 3.29. The predicted octanol–water partition coefficient (Wildman–Crippen LogP) is 1.28. The van der Waals surface area contributed by atoms with Crippen LogP contribution in [0.1, 0.15) is 19.8 Å². The fourth-order valence-electron chi connectivity index (χ4n) is 1.19. The molecular formula is C9H14O3. The SMILES string of the molecule is C=CCO[C@@H]1C[C@H](CC)OC1=O. The van der Waals surface area contributed by atoms with Crippen molar-refractivity contribution in [2.24, 2.45) is 0 Å². The molecule has 0 amide bonds. The molecule has 0 saturated carbocycles. The van der Waals surface area contributed by atoms with Crippen LogP contribution in [0.5, 0.6) is 0 Å². The van der Waals surface area contributed by atoms with Gasteiger partial charge in [0, 0.05) is 6.42 Å². The lowest BCUT2D eigenvalue weighted by Crippen LogP contribution is -2.18. The molecule has 0 spiro atoms. The number of hydrogen-bond donors (Lipinski definition) is 0. The van der Waals surface area contributed by atoms with Gasteiger partial charge in [0.2, 0.25) is 0 Å². The first-order valence-corrected chi connectivity index (χ1v) is 4.21. The van der Waals surface area contributed by atoms with E-state index in [4.69, 9.17) is 9.47 Å². The Bertz CT molecular complexity index is 177. The molecule has 0 aromatic carbocycles. The highest BCUT2D eigenvalue weighted by Crippen LogP contribution is 2.19. The molecule has 0 radical (unpaired) electrons. The molecule has 0 aromatic heterocycles. The van der Waals surface area contributed by atoms with Crippen molar-refractivity contribution in [1.29, 1.82) is 0 Å². The maximum absolute atomic E-state index is 11.1. The Hall–Kier alpha value is -0.830. The third kappa shape index (κ3) is 2.08. The minimum atomic E-state index is -0.368. The fourth-order valence-corrected chi connectivity index (χ4v) is 1.19. The van der Waals surface area contributed by atoms with E-state index in [1.54, 1.807) is 6.08 Å². The number of carbonyl (C=O) groups is 1. The monoisotopic (exact) mass is 170 g/mol. The van der Waals surface area contributed by atoms with Crippen molar-refractivity contribution in [1.82, 2.24) is 0 Å². The smallest absolute Gasteiger partial charge is 0.335 e. The van der Waals surface area contributed by atoms with Gasteiger partial charge in [0.05, 0.1) is 6.61 Å². The normalized spacial score (nSPS) is 28.6. The zero-order valence-electron chi connectivity index (χ0n) is 7.29. The number of esters is 1. The predicted molar refractivity (Wildman–Crippen MR) is 44.7 cm³/mol. The highest BCUT2D eigenvalue weighted by atomic mass is 16.6. The first-order chi connectivity index (χ1) is 5.77. The second-order valence-electron chi connectivity index (χ2n) is 2.81. The van der Waals surface area contributed by atoms with Gasteiger partial charge < -0.3 is 9.47 Å². The van der Waals surface area contributed by atoms with Crippen LogP contribution in [0.4, 0.5) is 0 Å². The van der Waals surface area contributed by atoms with Crippen molar-refractivity contribution >= 4 is 5.97 Å². The minimum Gasteiger partial charge on any atom is -0.460 e. The van der Waals surface area contributed by atoms with Crippen molar-refractivity contribution < 1.29 is 14.3 Å². The molecule has 3 heteroatoms. The summed E-state index contributed by atoms with van der Waals surface area (Å²) in [5.41, 5.74) is 0. The Morgan fingerprint density at radius 3 is 3.08 bits per heavy atom. The highest BCUT2D eigenvalue weighted by Gasteiger charge is 2.33. The number of ether oxygens (including phenoxy) is 2. The standard InChI is InChI=1S/C9H14O3/c1-3-5-11-8-6-7(4-2)12-9(8)10/h3,7-8H,1,4-6H2,2H3/t7-,8+/m0/s1. The highest BCUT2D eigenvalue weighted by molar-refractivity contribution is 5.76. The van der Waals surface area contributed by atoms with Crippen LogP contribution in [0.15, 0.2) is 12.7 Å². The zero-order valence-corrected chi connectivity index (χ0v) is 7.29. The molecule has 0 N–H and O–H groups in total. The molecule has 68 valence electrons. The number of hydrogen-bond acceptors (Lipinski definition) is 3. The van der Waals surface area contributed by atoms with E-state index in [0.29, 0.717) is 13.0 Å². The largest absolute Gasteiger partial charge is 0.460 e. The Labute approximate surface area is 72.4 Å². The molecule has 0 aromatic rings. The van der Waals surface area contributed by atoms with E-state index >= 15 is 0 Å². The second kappa shape index (κ2) is 4.26. The second-order valence-corrected chi connectivity index (χ2v) is 2.81. The van der Waals surface area contributed by atoms with Crippen LogP contribution in [0, 0.1) is 0 Å². The van der Waals surface area contributed by atoms with E-state index in [-0.39, 0.29) is 18.2 Å². The van der Waals surface area contributed by atoms with Gasteiger partial charge in [0.25, 0.3) is 0 Å². The summed E-state index contributed by atoms with van der Waals surface area (Å²) in [6.45, 7) is 5.92. The van der Waals surface area contributed by atoms with E-state index in [9.17, 15) is 4.79 Å². The minimum absolute atomic E-state index is 0.0484. The van der Waals surface area contributed by atoms with Gasteiger partial charge in [0.15, 0.2) is 6.10 Å². The quantitative estimate of drug-likeness (QED) is 0.471. The van der Waals surface area contributed by atoms with Gasteiger partial charge in [-0.3, -0.25) is 0 Å². The van der Waals surface area contributed by atoms with Crippen molar-refractivity contribution in [3.8, 4) is 0 Å². The van der Waals surface area contributed by atoms with Crippen LogP contribution in [0.2, 0.25) is 0 Å². The molecule has 1 heterocycles. The molecule has 1 aliphatic heterocycles. The maximum Gasteiger partial charge on any atom is 0.335 e. The first-order valence-electron chi connectivity index (χ1n) is 4.21. The van der Waals surface area contributed by atoms with Crippen LogP contribution in [0.25, 0.3) is 0 Å². The van der Waals surface area contributed by atoms with Gasteiger partial charge in [0.1, 0.15) is 6.10 Å². The molecule has 2 atom stereocenters. The molecule has 12 heavy (non-hydrogen) atoms. The molecule has 3 nitrogen and oxygen atoms in total. The molecule has 1 aliphatic rings. The number of cyclic esters (lactones) is 1. The third-order valence-electron chi connectivity index (χ3n) is 1.89. The summed E-state index contributed by atoms with van der Waals surface area (Å²) in [4.78, 5) is 11.1. The lowest BCUT2D eigenvalue weighted by molar-refractivity contribution is -0.149. The van der Waals surface area contributed by atoms with Crippen LogP contribution >= 0.6 is 0 Å². The zero-order chi connectivity index (χ0) is 8.97. The van der Waals surface area contributed by atoms with Gasteiger partial charge in [-0.05, 0) is 6.42 Å². The molecule has 0 bridgehead atoms. The number of carbonyl (C=O) groups excluding carboxylic acids is 1. The van der Waals surface area contributed by atoms with Gasteiger partial charge in [-0.2, -0.15) is 0 Å². The lowest BCUT2D eigenvalue weighted by atomic mass is 10.2. The Morgan fingerprint density at radius 1 is 1.83 bits per heavy atom. The van der Waals surface area contributed by atoms with Crippen molar-refractivity contribution in [2.45, 2.75) is 32.0 Å². The molecular weight excluding hydrogens is 156 g/mol. The summed E-state index contributed by atoms with van der Waals surface area (Å²) in [6, 6.07) is 0. The van der Waals surface area contributed by atoms with Crippen LogP contribution in [-0.4, -0.2) is 24.8 Å². The lowest BCUT2D eigenvalue weighted by Gasteiger charge is -2.03. The van der Waals surface area contributed by atoms with E-state index in [0.717, 1.165) is 6.42 Å². The fraction of sp³-hybridized carbons (Fsp3) is 0.667. The molecule has 1 rings (SSSR count). The van der Waals surface area contributed by atoms with Gasteiger partial charge >= 0.3 is 5.97 Å². The van der Waals surface area contributed by atoms with Crippen molar-refractivity contribution in [3.05, 3.63) is 12.7 Å². The summed E-state index contributed by atoms with van der Waals surface area (Å²) in [5.74, 6) is -0.233. The summed E-state index contributed by atoms with van der Waals surface area (Å²) in [7, 11) is 0. The molecule has 0 aliphatic carbocycles. The van der Waals surface area contributed by atoms with Gasteiger partial charge in [-0.1, -0.05) is 13.0 Å². The summed E-state index contributed by atoms with van der Waals surface area (Å²) in [5, 5.41) is 0. The number of rotatable bonds is 4. The maximum atomic E-state index is 11.1. The van der Waals surface area contributed by atoms with Gasteiger partial charge in [-0.25, -0.2) is 4.79 Å². The summed E-state index contributed by atoms with van der Waals surface area (Å²) in [6.07, 6.45) is 2.86. The first kappa shape index (κ1) is 9.26. The van der Waals surface area contributed by atoms with E-state index in [1.165, 1.54) is 0 Å². The van der Waals surface area contributed by atoms with E-state index in [1.807, 2.05) is 6.92 Å². The summed E-state index contributed by atoms with van der Waals surface area (Å²) >= 11 is 0. The van der Waals surface area contributed by atoms with E-state index < -0.39 is 0 Å². The molecule has 0 unspecified atom stereocenters. The van der Waals surface area contributed by atoms with Crippen molar-refractivity contribution in [3.63, 3.8) is 0 Å². The van der Waals surface area contributed by atoms with Crippen LogP contribution in [0.3, 0.4) is 0 Å². The Morgan fingerprint density at radius 2 is 2.58 bits per heavy atom. The van der Waals surface area contributed by atoms with Gasteiger partial charge in [-0.15, -0.1) is 6.58 Å². The molecule has 1 fully saturated rings.